The summed E-state index contributed by atoms with van der Waals surface area (Å²) in [4.78, 5) is 13.9. The Morgan fingerprint density at radius 2 is 2.00 bits per heavy atom. The quantitative estimate of drug-likeness (QED) is 0.818. The first kappa shape index (κ1) is 18.8. The van der Waals surface area contributed by atoms with Crippen LogP contribution in [0.4, 0.5) is 10.5 Å². The van der Waals surface area contributed by atoms with Crippen LogP contribution in [0.3, 0.4) is 0 Å². The summed E-state index contributed by atoms with van der Waals surface area (Å²) in [5, 5.41) is 13.5. The monoisotopic (exact) mass is 367 g/mol. The molecule has 1 amide bonds. The molecule has 0 atom stereocenters. The van der Waals surface area contributed by atoms with Gasteiger partial charge in [0.15, 0.2) is 0 Å². The van der Waals surface area contributed by atoms with Crippen molar-refractivity contribution in [3.8, 4) is 17.2 Å². The Bertz CT molecular complexity index is 867. The number of nitrogens with two attached hydrogens (primary N) is 1. The van der Waals surface area contributed by atoms with Crippen LogP contribution in [0.5, 0.6) is 0 Å². The minimum Gasteiger partial charge on any atom is -0.444 e. The summed E-state index contributed by atoms with van der Waals surface area (Å²) in [6.07, 6.45) is 5.21. The number of hydrogen-bond acceptors (Lipinski definition) is 5. The molecule has 0 spiro atoms. The Labute approximate surface area is 159 Å². The molecule has 1 saturated heterocycles. The highest BCUT2D eigenvalue weighted by molar-refractivity contribution is 5.70. The minimum atomic E-state index is -0.478. The first-order valence-corrected chi connectivity index (χ1v) is 9.09. The fraction of sp³-hybridized carbons (Fsp3) is 0.450. The van der Waals surface area contributed by atoms with Gasteiger partial charge in [-0.1, -0.05) is 6.07 Å². The summed E-state index contributed by atoms with van der Waals surface area (Å²) < 4.78 is 7.39. The van der Waals surface area contributed by atoms with Gasteiger partial charge in [0.1, 0.15) is 11.7 Å². The molecule has 2 heterocycles. The van der Waals surface area contributed by atoms with Gasteiger partial charge in [0.25, 0.3) is 0 Å². The van der Waals surface area contributed by atoms with Crippen molar-refractivity contribution in [3.05, 3.63) is 36.2 Å². The number of nitrogen functional groups attached to an aromatic ring is 1. The van der Waals surface area contributed by atoms with Crippen molar-refractivity contribution in [2.24, 2.45) is 0 Å². The van der Waals surface area contributed by atoms with E-state index in [0.29, 0.717) is 24.3 Å². The van der Waals surface area contributed by atoms with E-state index in [9.17, 15) is 4.79 Å². The summed E-state index contributed by atoms with van der Waals surface area (Å²) in [5.74, 6) is 0. The van der Waals surface area contributed by atoms with Crippen LogP contribution in [0, 0.1) is 11.3 Å². The van der Waals surface area contributed by atoms with Crippen molar-refractivity contribution in [1.29, 1.82) is 5.26 Å². The maximum absolute atomic E-state index is 12.2. The molecule has 7 heteroatoms. The maximum Gasteiger partial charge on any atom is 0.410 e. The third kappa shape index (κ3) is 4.40. The van der Waals surface area contributed by atoms with Crippen LogP contribution in [0.25, 0.3) is 11.1 Å². The summed E-state index contributed by atoms with van der Waals surface area (Å²) in [6, 6.07) is 7.71. The van der Waals surface area contributed by atoms with E-state index in [0.717, 1.165) is 24.0 Å². The maximum atomic E-state index is 12.2. The number of carbonyl (C=O) groups excluding carboxylic acids is 1. The van der Waals surface area contributed by atoms with Gasteiger partial charge in [-0.3, -0.25) is 4.68 Å². The first-order chi connectivity index (χ1) is 12.8. The van der Waals surface area contributed by atoms with Crippen molar-refractivity contribution in [2.75, 3.05) is 18.8 Å². The minimum absolute atomic E-state index is 0.244. The van der Waals surface area contributed by atoms with Gasteiger partial charge in [0.05, 0.1) is 23.5 Å². The Balaban J connectivity index is 1.64. The van der Waals surface area contributed by atoms with Crippen molar-refractivity contribution in [2.45, 2.75) is 45.3 Å². The second-order valence-corrected chi connectivity index (χ2v) is 7.82. The molecular weight excluding hydrogens is 342 g/mol. The van der Waals surface area contributed by atoms with E-state index in [1.807, 2.05) is 37.7 Å². The fourth-order valence-electron chi connectivity index (χ4n) is 3.17. The molecule has 1 aromatic heterocycles. The number of piperidine rings is 1. The average Bonchev–Trinajstić information content (AvgIpc) is 3.10. The molecule has 1 fully saturated rings. The number of benzene rings is 1. The number of anilines is 1. The lowest BCUT2D eigenvalue weighted by Gasteiger charge is -2.33. The topological polar surface area (TPSA) is 97.2 Å². The largest absolute Gasteiger partial charge is 0.444 e. The predicted octanol–water partition coefficient (Wildman–Crippen LogP) is 3.58. The predicted molar refractivity (Wildman–Crippen MR) is 103 cm³/mol. The zero-order valence-electron chi connectivity index (χ0n) is 16.0. The highest BCUT2D eigenvalue weighted by Crippen LogP contribution is 2.27. The third-order valence-corrected chi connectivity index (χ3v) is 4.60. The normalized spacial score (nSPS) is 15.4. The van der Waals surface area contributed by atoms with Crippen LogP contribution < -0.4 is 5.73 Å². The molecule has 0 aliphatic carbocycles. The van der Waals surface area contributed by atoms with Crippen LogP contribution in [0.15, 0.2) is 30.6 Å². The zero-order valence-corrected chi connectivity index (χ0v) is 16.0. The second kappa shape index (κ2) is 7.31. The van der Waals surface area contributed by atoms with Gasteiger partial charge >= 0.3 is 6.09 Å². The van der Waals surface area contributed by atoms with Crippen molar-refractivity contribution >= 4 is 11.8 Å². The van der Waals surface area contributed by atoms with Crippen molar-refractivity contribution in [3.63, 3.8) is 0 Å². The van der Waals surface area contributed by atoms with Gasteiger partial charge in [0.2, 0.25) is 0 Å². The summed E-state index contributed by atoms with van der Waals surface area (Å²) >= 11 is 0. The van der Waals surface area contributed by atoms with E-state index in [4.69, 9.17) is 15.7 Å². The molecule has 0 saturated carbocycles. The fourth-order valence-corrected chi connectivity index (χ4v) is 3.17. The number of rotatable bonds is 2. The Morgan fingerprint density at radius 3 is 2.59 bits per heavy atom. The third-order valence-electron chi connectivity index (χ3n) is 4.60. The van der Waals surface area contributed by atoms with Gasteiger partial charge in [-0.15, -0.1) is 0 Å². The number of likely N-dealkylation sites (tertiary alicyclic amines) is 1. The molecule has 142 valence electrons. The molecule has 1 aliphatic heterocycles. The van der Waals surface area contributed by atoms with Gasteiger partial charge in [-0.2, -0.15) is 10.4 Å². The molecule has 0 unspecified atom stereocenters. The van der Waals surface area contributed by atoms with Crippen LogP contribution in [0.2, 0.25) is 0 Å². The van der Waals surface area contributed by atoms with Gasteiger partial charge in [-0.05, 0) is 51.3 Å². The van der Waals surface area contributed by atoms with Crippen LogP contribution in [-0.2, 0) is 4.74 Å². The number of nitriles is 1. The second-order valence-electron chi connectivity index (χ2n) is 7.82. The number of carbonyl (C=O) groups is 1. The summed E-state index contributed by atoms with van der Waals surface area (Å²) in [7, 11) is 0. The van der Waals surface area contributed by atoms with Gasteiger partial charge < -0.3 is 15.4 Å². The molecule has 2 aromatic rings. The first-order valence-electron chi connectivity index (χ1n) is 9.09. The molecule has 3 rings (SSSR count). The van der Waals surface area contributed by atoms with Gasteiger partial charge in [0, 0.05) is 24.8 Å². The lowest BCUT2D eigenvalue weighted by Crippen LogP contribution is -2.42. The number of ether oxygens (including phenoxy) is 1. The Morgan fingerprint density at radius 1 is 1.30 bits per heavy atom. The zero-order chi connectivity index (χ0) is 19.6. The van der Waals surface area contributed by atoms with E-state index in [-0.39, 0.29) is 12.1 Å². The van der Waals surface area contributed by atoms with E-state index >= 15 is 0 Å². The molecule has 2 N–H and O–H groups in total. The van der Waals surface area contributed by atoms with Gasteiger partial charge in [-0.25, -0.2) is 4.79 Å². The summed E-state index contributed by atoms with van der Waals surface area (Å²) in [6.45, 7) is 6.92. The Kier molecular flexibility index (Phi) is 5.08. The summed E-state index contributed by atoms with van der Waals surface area (Å²) in [5.41, 5.74) is 8.26. The molecule has 1 aromatic carbocycles. The van der Waals surface area contributed by atoms with E-state index in [1.54, 1.807) is 23.2 Å². The number of hydrogen-bond donors (Lipinski definition) is 1. The molecule has 1 aliphatic rings. The molecule has 7 nitrogen and oxygen atoms in total. The lowest BCUT2D eigenvalue weighted by atomic mass is 10.0. The number of aromatic nitrogens is 2. The van der Waals surface area contributed by atoms with E-state index < -0.39 is 5.60 Å². The Hall–Kier alpha value is -3.01. The van der Waals surface area contributed by atoms with E-state index in [1.165, 1.54) is 0 Å². The number of nitrogens with zero attached hydrogens (tertiary/aromatic N) is 4. The lowest BCUT2D eigenvalue weighted by molar-refractivity contribution is 0.0185. The van der Waals surface area contributed by atoms with Crippen molar-refractivity contribution < 1.29 is 9.53 Å². The molecule has 0 bridgehead atoms. The smallest absolute Gasteiger partial charge is 0.410 e. The van der Waals surface area contributed by atoms with E-state index in [2.05, 4.69) is 11.2 Å². The molecular formula is C20H25N5O2. The highest BCUT2D eigenvalue weighted by atomic mass is 16.6. The van der Waals surface area contributed by atoms with Crippen LogP contribution in [0.1, 0.15) is 45.2 Å². The molecule has 27 heavy (non-hydrogen) atoms. The van der Waals surface area contributed by atoms with Crippen molar-refractivity contribution in [1.82, 2.24) is 14.7 Å². The number of amides is 1. The average molecular weight is 367 g/mol. The molecule has 0 radical (unpaired) electrons. The van der Waals surface area contributed by atoms with Crippen LogP contribution in [-0.4, -0.2) is 39.5 Å². The van der Waals surface area contributed by atoms with Crippen LogP contribution >= 0.6 is 0 Å². The standard InChI is InChI=1S/C20H25N5O2/c1-20(2,3)27-19(26)24-8-6-17(7-9-24)25-13-16(12-23-25)14-4-5-15(11-21)18(22)10-14/h4-5,10,12-13,17H,6-9,22H2,1-3H3. The SMILES string of the molecule is CC(C)(C)OC(=O)N1CCC(n2cc(-c3ccc(C#N)c(N)c3)cn2)CC1. The highest BCUT2D eigenvalue weighted by Gasteiger charge is 2.27.